The third kappa shape index (κ3) is 4.96. The zero-order valence-corrected chi connectivity index (χ0v) is 18.4. The van der Waals surface area contributed by atoms with Gasteiger partial charge < -0.3 is 10.1 Å². The lowest BCUT2D eigenvalue weighted by Crippen LogP contribution is -2.32. The van der Waals surface area contributed by atoms with Gasteiger partial charge in [0, 0.05) is 23.1 Å². The van der Waals surface area contributed by atoms with E-state index in [9.17, 15) is 17.6 Å². The van der Waals surface area contributed by atoms with Gasteiger partial charge in [0.1, 0.15) is 16.5 Å². The zero-order valence-electron chi connectivity index (χ0n) is 16.0. The van der Waals surface area contributed by atoms with Gasteiger partial charge in [0.05, 0.1) is 12.8 Å². The summed E-state index contributed by atoms with van der Waals surface area (Å²) < 4.78 is 47.6. The van der Waals surface area contributed by atoms with Crippen molar-refractivity contribution in [3.8, 4) is 5.75 Å². The lowest BCUT2D eigenvalue weighted by molar-refractivity contribution is 0.102. The number of anilines is 1. The smallest absolute Gasteiger partial charge is 0.255 e. The van der Waals surface area contributed by atoms with E-state index in [4.69, 9.17) is 4.74 Å². The van der Waals surface area contributed by atoms with Gasteiger partial charge in [-0.2, -0.15) is 4.31 Å². The van der Waals surface area contributed by atoms with E-state index in [2.05, 4.69) is 21.2 Å². The number of nitrogens with zero attached hydrogens (tertiary/aromatic N) is 1. The summed E-state index contributed by atoms with van der Waals surface area (Å²) in [5, 5.41) is 2.48. The normalized spacial score (nSPS) is 15.6. The van der Waals surface area contributed by atoms with Crippen LogP contribution in [-0.2, 0) is 10.0 Å². The number of ether oxygens (including phenoxy) is 1. The number of amides is 1. The van der Waals surface area contributed by atoms with Gasteiger partial charge in [-0.1, -0.05) is 28.8 Å². The number of benzene rings is 2. The Bertz CT molecular complexity index is 1010. The van der Waals surface area contributed by atoms with Gasteiger partial charge in [-0.05, 0) is 49.2 Å². The van der Waals surface area contributed by atoms with Crippen LogP contribution in [0.2, 0.25) is 0 Å². The summed E-state index contributed by atoms with van der Waals surface area (Å²) in [5.41, 5.74) is 0.104. The molecule has 0 aliphatic carbocycles. The van der Waals surface area contributed by atoms with Crippen LogP contribution in [0, 0.1) is 5.82 Å². The summed E-state index contributed by atoms with van der Waals surface area (Å²) in [7, 11) is -2.44. The first-order valence-electron chi connectivity index (χ1n) is 9.27. The van der Waals surface area contributed by atoms with Crippen LogP contribution in [0.4, 0.5) is 10.1 Å². The molecule has 1 saturated heterocycles. The van der Waals surface area contributed by atoms with E-state index in [-0.39, 0.29) is 21.9 Å². The van der Waals surface area contributed by atoms with Crippen LogP contribution in [0.25, 0.3) is 0 Å². The van der Waals surface area contributed by atoms with Crippen LogP contribution in [0.3, 0.4) is 0 Å². The lowest BCUT2D eigenvalue weighted by atomic mass is 10.2. The van der Waals surface area contributed by atoms with E-state index >= 15 is 0 Å². The summed E-state index contributed by atoms with van der Waals surface area (Å²) in [4.78, 5) is 12.6. The van der Waals surface area contributed by atoms with E-state index in [0.717, 1.165) is 25.7 Å². The fourth-order valence-electron chi connectivity index (χ4n) is 3.23. The fraction of sp³-hybridized carbons (Fsp3) is 0.350. The minimum atomic E-state index is -3.82. The second-order valence-corrected chi connectivity index (χ2v) is 9.58. The van der Waals surface area contributed by atoms with Gasteiger partial charge in [0.2, 0.25) is 10.0 Å². The van der Waals surface area contributed by atoms with Crippen molar-refractivity contribution in [3.05, 3.63) is 52.3 Å². The maximum absolute atomic E-state index is 14.0. The molecule has 1 aliphatic rings. The van der Waals surface area contributed by atoms with E-state index in [1.54, 1.807) is 6.07 Å². The van der Waals surface area contributed by atoms with Gasteiger partial charge in [-0.25, -0.2) is 12.8 Å². The monoisotopic (exact) mass is 484 g/mol. The molecule has 156 valence electrons. The molecule has 2 aromatic carbocycles. The molecule has 29 heavy (non-hydrogen) atoms. The number of halogens is 2. The van der Waals surface area contributed by atoms with Crippen molar-refractivity contribution in [2.45, 2.75) is 30.6 Å². The molecule has 0 spiro atoms. The fourth-order valence-corrected chi connectivity index (χ4v) is 5.26. The zero-order chi connectivity index (χ0) is 21.0. The van der Waals surface area contributed by atoms with Crippen molar-refractivity contribution in [2.24, 2.45) is 0 Å². The molecule has 1 fully saturated rings. The molecule has 0 radical (unpaired) electrons. The van der Waals surface area contributed by atoms with Crippen molar-refractivity contribution < 1.29 is 22.3 Å². The molecule has 0 bridgehead atoms. The summed E-state index contributed by atoms with van der Waals surface area (Å²) in [6.45, 7) is 0.873. The number of hydrogen-bond acceptors (Lipinski definition) is 4. The van der Waals surface area contributed by atoms with Crippen LogP contribution >= 0.6 is 15.9 Å². The molecule has 1 N–H and O–H groups in total. The molecule has 1 amide bonds. The highest BCUT2D eigenvalue weighted by atomic mass is 79.9. The first-order valence-corrected chi connectivity index (χ1v) is 11.5. The molecule has 6 nitrogen and oxygen atoms in total. The Morgan fingerprint density at radius 2 is 1.79 bits per heavy atom. The second-order valence-electron chi connectivity index (χ2n) is 6.76. The summed E-state index contributed by atoms with van der Waals surface area (Å²) >= 11 is 3.16. The second kappa shape index (κ2) is 9.23. The van der Waals surface area contributed by atoms with Crippen LogP contribution in [-0.4, -0.2) is 38.8 Å². The maximum atomic E-state index is 14.0. The predicted octanol–water partition coefficient (Wildman–Crippen LogP) is 4.41. The quantitative estimate of drug-likeness (QED) is 0.681. The number of carbonyl (C=O) groups is 1. The van der Waals surface area contributed by atoms with E-state index in [1.165, 1.54) is 41.7 Å². The van der Waals surface area contributed by atoms with Crippen LogP contribution in [0.15, 0.2) is 45.8 Å². The molecule has 1 heterocycles. The molecule has 1 aliphatic heterocycles. The van der Waals surface area contributed by atoms with Gasteiger partial charge in [0.25, 0.3) is 5.91 Å². The molecule has 2 aromatic rings. The SMILES string of the molecule is COc1ccc(C(=O)Nc2ccc(Br)cc2F)cc1S(=O)(=O)N1CCCCCC1. The van der Waals surface area contributed by atoms with Crippen LogP contribution in [0.5, 0.6) is 5.75 Å². The lowest BCUT2D eigenvalue weighted by Gasteiger charge is -2.21. The molecule has 3 rings (SSSR count). The molecule has 9 heteroatoms. The van der Waals surface area contributed by atoms with E-state index in [1.807, 2.05) is 0 Å². The topological polar surface area (TPSA) is 75.7 Å². The number of sulfonamides is 1. The number of nitrogens with one attached hydrogen (secondary N) is 1. The average molecular weight is 485 g/mol. The Kier molecular flexibility index (Phi) is 6.92. The first kappa shape index (κ1) is 21.7. The van der Waals surface area contributed by atoms with Crippen LogP contribution < -0.4 is 10.1 Å². The molecule has 0 unspecified atom stereocenters. The van der Waals surface area contributed by atoms with E-state index < -0.39 is 21.7 Å². The summed E-state index contributed by atoms with van der Waals surface area (Å²) in [6, 6.07) is 8.44. The third-order valence-electron chi connectivity index (χ3n) is 4.79. The van der Waals surface area contributed by atoms with Crippen molar-refractivity contribution in [2.75, 3.05) is 25.5 Å². The molecule has 0 aromatic heterocycles. The molecule has 0 atom stereocenters. The third-order valence-corrected chi connectivity index (χ3v) is 7.20. The van der Waals surface area contributed by atoms with Crippen molar-refractivity contribution in [3.63, 3.8) is 0 Å². The highest BCUT2D eigenvalue weighted by Crippen LogP contribution is 2.30. The summed E-state index contributed by atoms with van der Waals surface area (Å²) in [5.74, 6) is -1.04. The predicted molar refractivity (Wildman–Crippen MR) is 112 cm³/mol. The highest BCUT2D eigenvalue weighted by Gasteiger charge is 2.29. The number of hydrogen-bond donors (Lipinski definition) is 1. The minimum absolute atomic E-state index is 0.00550. The first-order chi connectivity index (χ1) is 13.8. The number of carbonyl (C=O) groups excluding carboxylic acids is 1. The Morgan fingerprint density at radius 1 is 1.10 bits per heavy atom. The van der Waals surface area contributed by atoms with E-state index in [0.29, 0.717) is 17.6 Å². The summed E-state index contributed by atoms with van der Waals surface area (Å²) in [6.07, 6.45) is 3.57. The number of rotatable bonds is 5. The standard InChI is InChI=1S/C20H22BrFN2O4S/c1-28-18-9-6-14(20(25)23-17-8-7-15(21)13-16(17)22)12-19(18)29(26,27)24-10-4-2-3-5-11-24/h6-9,12-13H,2-5,10-11H2,1H3,(H,23,25). The minimum Gasteiger partial charge on any atom is -0.495 e. The Hall–Kier alpha value is -1.97. The van der Waals surface area contributed by atoms with Crippen molar-refractivity contribution in [1.29, 1.82) is 0 Å². The van der Waals surface area contributed by atoms with Gasteiger partial charge in [-0.15, -0.1) is 0 Å². The van der Waals surface area contributed by atoms with Crippen molar-refractivity contribution in [1.82, 2.24) is 4.31 Å². The molecule has 0 saturated carbocycles. The van der Waals surface area contributed by atoms with Gasteiger partial charge in [-0.3, -0.25) is 4.79 Å². The highest BCUT2D eigenvalue weighted by molar-refractivity contribution is 9.10. The van der Waals surface area contributed by atoms with Gasteiger partial charge in [0.15, 0.2) is 0 Å². The number of methoxy groups -OCH3 is 1. The molecular weight excluding hydrogens is 463 g/mol. The largest absolute Gasteiger partial charge is 0.495 e. The van der Waals surface area contributed by atoms with Crippen LogP contribution in [0.1, 0.15) is 36.0 Å². The van der Waals surface area contributed by atoms with Gasteiger partial charge >= 0.3 is 0 Å². The Morgan fingerprint density at radius 3 is 2.41 bits per heavy atom. The maximum Gasteiger partial charge on any atom is 0.255 e. The molecular formula is C20H22BrFN2O4S. The Labute approximate surface area is 178 Å². The average Bonchev–Trinajstić information content (AvgIpc) is 2.99. The van der Waals surface area contributed by atoms with Crippen molar-refractivity contribution >= 4 is 37.5 Å². The Balaban J connectivity index is 1.92.